The Morgan fingerprint density at radius 2 is 1.81 bits per heavy atom. The lowest BCUT2D eigenvalue weighted by molar-refractivity contribution is 0.0697. The first kappa shape index (κ1) is 22.8. The van der Waals surface area contributed by atoms with E-state index in [9.17, 15) is 9.59 Å². The van der Waals surface area contributed by atoms with Crippen molar-refractivity contribution in [3.05, 3.63) is 59.7 Å². The molecule has 166 valence electrons. The average Bonchev–Trinajstić information content (AvgIpc) is 2.82. The molecule has 1 saturated carbocycles. The number of carbonyl (C=O) groups is 2. The van der Waals surface area contributed by atoms with Crippen molar-refractivity contribution in [3.8, 4) is 5.75 Å². The molecule has 1 fully saturated rings. The first-order chi connectivity index (χ1) is 15.1. The molecule has 0 aromatic heterocycles. The summed E-state index contributed by atoms with van der Waals surface area (Å²) in [6.07, 6.45) is 5.62. The molecular weight excluding hydrogens is 392 g/mol. The predicted molar refractivity (Wildman–Crippen MR) is 122 cm³/mol. The van der Waals surface area contributed by atoms with Crippen LogP contribution in [0.1, 0.15) is 59.7 Å². The minimum absolute atomic E-state index is 0.0594. The molecule has 1 aliphatic carbocycles. The van der Waals surface area contributed by atoms with Gasteiger partial charge in [-0.05, 0) is 50.1 Å². The van der Waals surface area contributed by atoms with Crippen molar-refractivity contribution in [1.82, 2.24) is 4.90 Å². The Morgan fingerprint density at radius 1 is 1.03 bits per heavy atom. The highest BCUT2D eigenvalue weighted by atomic mass is 16.5. The molecule has 1 aliphatic rings. The summed E-state index contributed by atoms with van der Waals surface area (Å²) in [5, 5.41) is 2.90. The molecule has 0 bridgehead atoms. The van der Waals surface area contributed by atoms with E-state index in [0.29, 0.717) is 42.4 Å². The van der Waals surface area contributed by atoms with Gasteiger partial charge in [0.05, 0.1) is 17.9 Å². The van der Waals surface area contributed by atoms with E-state index in [2.05, 4.69) is 5.32 Å². The van der Waals surface area contributed by atoms with Crippen LogP contribution in [0.25, 0.3) is 0 Å². The summed E-state index contributed by atoms with van der Waals surface area (Å²) in [6, 6.07) is 14.4. The summed E-state index contributed by atoms with van der Waals surface area (Å²) in [4.78, 5) is 27.9. The molecule has 2 amide bonds. The second-order valence-electron chi connectivity index (χ2n) is 7.78. The van der Waals surface area contributed by atoms with Crippen LogP contribution in [0.4, 0.5) is 5.69 Å². The van der Waals surface area contributed by atoms with Crippen molar-refractivity contribution < 1.29 is 19.1 Å². The Balaban J connectivity index is 1.69. The molecule has 0 aliphatic heterocycles. The zero-order chi connectivity index (χ0) is 22.1. The summed E-state index contributed by atoms with van der Waals surface area (Å²) in [5.41, 5.74) is 1.49. The van der Waals surface area contributed by atoms with E-state index in [4.69, 9.17) is 9.47 Å². The fourth-order valence-electron chi connectivity index (χ4n) is 3.89. The molecule has 0 radical (unpaired) electrons. The van der Waals surface area contributed by atoms with Crippen molar-refractivity contribution in [1.29, 1.82) is 0 Å². The number of para-hydroxylation sites is 1. The Labute approximate surface area is 184 Å². The average molecular weight is 425 g/mol. The third-order valence-electron chi connectivity index (χ3n) is 5.65. The molecule has 2 aromatic rings. The lowest BCUT2D eigenvalue weighted by Crippen LogP contribution is -2.38. The Bertz CT molecular complexity index is 877. The minimum atomic E-state index is -0.282. The van der Waals surface area contributed by atoms with Crippen LogP contribution in [0.5, 0.6) is 5.75 Å². The van der Waals surface area contributed by atoms with Crippen LogP contribution in [0.3, 0.4) is 0 Å². The maximum Gasteiger partial charge on any atom is 0.255 e. The van der Waals surface area contributed by atoms with Gasteiger partial charge in [0.1, 0.15) is 12.4 Å². The third kappa shape index (κ3) is 6.31. The normalized spacial score (nSPS) is 14.1. The highest BCUT2D eigenvalue weighted by Crippen LogP contribution is 2.25. The number of hydrogen-bond acceptors (Lipinski definition) is 4. The molecule has 0 heterocycles. The molecule has 31 heavy (non-hydrogen) atoms. The Kier molecular flexibility index (Phi) is 8.47. The van der Waals surface area contributed by atoms with Gasteiger partial charge in [0.2, 0.25) is 0 Å². The third-order valence-corrected chi connectivity index (χ3v) is 5.65. The van der Waals surface area contributed by atoms with E-state index < -0.39 is 0 Å². The Morgan fingerprint density at radius 3 is 2.58 bits per heavy atom. The number of carbonyl (C=O) groups excluding carboxylic acids is 2. The van der Waals surface area contributed by atoms with Crippen LogP contribution in [-0.4, -0.2) is 49.6 Å². The van der Waals surface area contributed by atoms with E-state index in [1.807, 2.05) is 31.0 Å². The van der Waals surface area contributed by atoms with E-state index in [1.54, 1.807) is 36.4 Å². The van der Waals surface area contributed by atoms with Gasteiger partial charge in [-0.2, -0.15) is 0 Å². The monoisotopic (exact) mass is 424 g/mol. The molecule has 6 nitrogen and oxygen atoms in total. The van der Waals surface area contributed by atoms with E-state index in [1.165, 1.54) is 6.42 Å². The van der Waals surface area contributed by atoms with Crippen LogP contribution >= 0.6 is 0 Å². The SMILES string of the molecule is CCOCCOc1cccc(C(=O)Nc2ccccc2C(=O)N(C)C2CCCCC2)c1. The fraction of sp³-hybridized carbons (Fsp3) is 0.440. The van der Waals surface area contributed by atoms with Crippen LogP contribution in [0.15, 0.2) is 48.5 Å². The highest BCUT2D eigenvalue weighted by Gasteiger charge is 2.25. The van der Waals surface area contributed by atoms with Gasteiger partial charge in [-0.1, -0.05) is 37.5 Å². The van der Waals surface area contributed by atoms with Crippen LogP contribution < -0.4 is 10.1 Å². The molecule has 1 N–H and O–H groups in total. The van der Waals surface area contributed by atoms with Crippen LogP contribution in [-0.2, 0) is 4.74 Å². The smallest absolute Gasteiger partial charge is 0.255 e. The molecule has 6 heteroatoms. The molecular formula is C25H32N2O4. The molecule has 0 spiro atoms. The van der Waals surface area contributed by atoms with Gasteiger partial charge < -0.3 is 19.7 Å². The second-order valence-corrected chi connectivity index (χ2v) is 7.78. The lowest BCUT2D eigenvalue weighted by atomic mass is 9.94. The largest absolute Gasteiger partial charge is 0.491 e. The van der Waals surface area contributed by atoms with Crippen molar-refractivity contribution in [2.24, 2.45) is 0 Å². The van der Waals surface area contributed by atoms with E-state index in [-0.39, 0.29) is 17.9 Å². The van der Waals surface area contributed by atoms with Crippen molar-refractivity contribution in [3.63, 3.8) is 0 Å². The molecule has 0 unspecified atom stereocenters. The summed E-state index contributed by atoms with van der Waals surface area (Å²) >= 11 is 0. The van der Waals surface area contributed by atoms with Gasteiger partial charge in [-0.15, -0.1) is 0 Å². The predicted octanol–water partition coefficient (Wildman–Crippen LogP) is 4.76. The van der Waals surface area contributed by atoms with E-state index in [0.717, 1.165) is 25.7 Å². The number of rotatable bonds is 9. The molecule has 0 atom stereocenters. The minimum Gasteiger partial charge on any atom is -0.491 e. The van der Waals surface area contributed by atoms with Crippen molar-refractivity contribution >= 4 is 17.5 Å². The molecule has 2 aromatic carbocycles. The highest BCUT2D eigenvalue weighted by molar-refractivity contribution is 6.09. The van der Waals surface area contributed by atoms with Gasteiger partial charge in [0.25, 0.3) is 11.8 Å². The first-order valence-corrected chi connectivity index (χ1v) is 11.1. The van der Waals surface area contributed by atoms with Crippen LogP contribution in [0, 0.1) is 0 Å². The number of amides is 2. The van der Waals surface area contributed by atoms with Gasteiger partial charge >= 0.3 is 0 Å². The Hall–Kier alpha value is -2.86. The standard InChI is InChI=1S/C25H32N2O4/c1-3-30-16-17-31-21-13-9-10-19(18-21)24(28)26-23-15-8-7-14-22(23)25(29)27(2)20-11-5-4-6-12-20/h7-10,13-15,18,20H,3-6,11-12,16-17H2,1-2H3,(H,26,28). The van der Waals surface area contributed by atoms with Crippen molar-refractivity contribution in [2.45, 2.75) is 45.1 Å². The quantitative estimate of drug-likeness (QED) is 0.590. The topological polar surface area (TPSA) is 67.9 Å². The maximum absolute atomic E-state index is 13.2. The number of anilines is 1. The van der Waals surface area contributed by atoms with E-state index >= 15 is 0 Å². The zero-order valence-electron chi connectivity index (χ0n) is 18.4. The number of benzene rings is 2. The molecule has 0 saturated heterocycles. The van der Waals surface area contributed by atoms with Gasteiger partial charge in [0.15, 0.2) is 0 Å². The van der Waals surface area contributed by atoms with Crippen LogP contribution in [0.2, 0.25) is 0 Å². The zero-order valence-corrected chi connectivity index (χ0v) is 18.4. The number of nitrogens with one attached hydrogen (secondary N) is 1. The summed E-state index contributed by atoms with van der Waals surface area (Å²) in [7, 11) is 1.86. The number of hydrogen-bond donors (Lipinski definition) is 1. The number of nitrogens with zero attached hydrogens (tertiary/aromatic N) is 1. The summed E-state index contributed by atoms with van der Waals surface area (Å²) in [6.45, 7) is 3.49. The van der Waals surface area contributed by atoms with Gasteiger partial charge in [-0.25, -0.2) is 0 Å². The maximum atomic E-state index is 13.2. The van der Waals surface area contributed by atoms with Crippen molar-refractivity contribution in [2.75, 3.05) is 32.2 Å². The fourth-order valence-corrected chi connectivity index (χ4v) is 3.89. The molecule has 3 rings (SSSR count). The summed E-state index contributed by atoms with van der Waals surface area (Å²) < 4.78 is 10.9. The summed E-state index contributed by atoms with van der Waals surface area (Å²) in [5.74, 6) is 0.264. The van der Waals surface area contributed by atoms with Gasteiger partial charge in [0, 0.05) is 25.3 Å². The number of ether oxygens (including phenoxy) is 2. The second kappa shape index (κ2) is 11.5. The van der Waals surface area contributed by atoms with Gasteiger partial charge in [-0.3, -0.25) is 9.59 Å². The first-order valence-electron chi connectivity index (χ1n) is 11.1. The lowest BCUT2D eigenvalue weighted by Gasteiger charge is -2.31.